The Morgan fingerprint density at radius 2 is 1.73 bits per heavy atom. The van der Waals surface area contributed by atoms with E-state index in [0.29, 0.717) is 5.56 Å². The van der Waals surface area contributed by atoms with E-state index in [0.717, 1.165) is 28.8 Å². The van der Waals surface area contributed by atoms with Crippen molar-refractivity contribution < 1.29 is 0 Å². The van der Waals surface area contributed by atoms with Gasteiger partial charge >= 0.3 is 0 Å². The minimum absolute atomic E-state index is 0.633. The maximum absolute atomic E-state index is 8.88. The molecule has 0 aliphatic heterocycles. The van der Waals surface area contributed by atoms with E-state index in [9.17, 15) is 0 Å². The molecule has 0 amide bonds. The van der Waals surface area contributed by atoms with Gasteiger partial charge in [-0.15, -0.1) is 5.10 Å². The van der Waals surface area contributed by atoms with Crippen LogP contribution in [0, 0.1) is 11.3 Å². The van der Waals surface area contributed by atoms with Crippen LogP contribution < -0.4 is 0 Å². The summed E-state index contributed by atoms with van der Waals surface area (Å²) < 4.78 is 2.57. The van der Waals surface area contributed by atoms with Crippen molar-refractivity contribution in [1.29, 1.82) is 5.26 Å². The van der Waals surface area contributed by atoms with Crippen molar-refractivity contribution in [2.24, 2.45) is 0 Å². The molecule has 0 bridgehead atoms. The number of nitrogens with zero attached hydrogens (tertiary/aromatic N) is 4. The van der Waals surface area contributed by atoms with Crippen molar-refractivity contribution in [3.63, 3.8) is 0 Å². The van der Waals surface area contributed by atoms with Gasteiger partial charge in [0.05, 0.1) is 23.0 Å². The first-order valence-electron chi connectivity index (χ1n) is 6.92. The first-order chi connectivity index (χ1) is 10.8. The third-order valence-electron chi connectivity index (χ3n) is 3.45. The van der Waals surface area contributed by atoms with Crippen molar-refractivity contribution in [3.05, 3.63) is 76.0 Å². The van der Waals surface area contributed by atoms with E-state index in [4.69, 9.17) is 5.26 Å². The van der Waals surface area contributed by atoms with E-state index < -0.39 is 0 Å². The van der Waals surface area contributed by atoms with Crippen LogP contribution >= 0.6 is 15.9 Å². The molecule has 3 aromatic rings. The Morgan fingerprint density at radius 1 is 1.00 bits per heavy atom. The Labute approximate surface area is 137 Å². The van der Waals surface area contributed by atoms with Crippen LogP contribution in [-0.2, 0) is 12.8 Å². The lowest BCUT2D eigenvalue weighted by molar-refractivity contribution is 0.752. The molecule has 108 valence electrons. The van der Waals surface area contributed by atoms with Crippen LogP contribution in [0.25, 0.3) is 5.69 Å². The highest BCUT2D eigenvalue weighted by Gasteiger charge is 2.12. The molecule has 0 saturated heterocycles. The van der Waals surface area contributed by atoms with Crippen molar-refractivity contribution in [1.82, 2.24) is 15.0 Å². The highest BCUT2D eigenvalue weighted by molar-refractivity contribution is 9.10. The SMILES string of the molecule is N#Cc1ccc(-n2nnc(Br)c2CCc2ccccc2)cc1. The molecule has 2 aromatic carbocycles. The van der Waals surface area contributed by atoms with Gasteiger partial charge in [0.25, 0.3) is 0 Å². The summed E-state index contributed by atoms with van der Waals surface area (Å²) in [7, 11) is 0. The maximum atomic E-state index is 8.88. The van der Waals surface area contributed by atoms with Gasteiger partial charge in [-0.3, -0.25) is 0 Å². The lowest BCUT2D eigenvalue weighted by atomic mass is 10.1. The maximum Gasteiger partial charge on any atom is 0.152 e. The minimum atomic E-state index is 0.633. The molecule has 4 nitrogen and oxygen atoms in total. The van der Waals surface area contributed by atoms with E-state index in [1.165, 1.54) is 5.56 Å². The number of aryl methyl sites for hydroxylation is 1. The van der Waals surface area contributed by atoms with Gasteiger partial charge in [0.15, 0.2) is 4.60 Å². The summed E-state index contributed by atoms with van der Waals surface area (Å²) in [5.74, 6) is 0. The molecule has 0 radical (unpaired) electrons. The molecule has 0 atom stereocenters. The van der Waals surface area contributed by atoms with E-state index in [-0.39, 0.29) is 0 Å². The van der Waals surface area contributed by atoms with Gasteiger partial charge in [-0.25, -0.2) is 4.68 Å². The zero-order valence-electron chi connectivity index (χ0n) is 11.8. The van der Waals surface area contributed by atoms with Crippen LogP contribution in [0.15, 0.2) is 59.2 Å². The molecule has 0 saturated carbocycles. The first kappa shape index (κ1) is 14.5. The standard InChI is InChI=1S/C17H13BrN4/c18-17-16(11-8-13-4-2-1-3-5-13)22(21-20-17)15-9-6-14(12-19)7-10-15/h1-7,9-10H,8,11H2. The Hall–Kier alpha value is -2.45. The predicted molar refractivity (Wildman–Crippen MR) is 87.6 cm³/mol. The molecule has 0 aliphatic carbocycles. The molecule has 22 heavy (non-hydrogen) atoms. The third kappa shape index (κ3) is 3.07. The highest BCUT2D eigenvalue weighted by atomic mass is 79.9. The molecule has 0 unspecified atom stereocenters. The second-order valence-electron chi connectivity index (χ2n) is 4.88. The van der Waals surface area contributed by atoms with Gasteiger partial charge in [0, 0.05) is 0 Å². The lowest BCUT2D eigenvalue weighted by Gasteiger charge is -2.07. The van der Waals surface area contributed by atoms with Crippen molar-refractivity contribution in [2.45, 2.75) is 12.8 Å². The lowest BCUT2D eigenvalue weighted by Crippen LogP contribution is -2.04. The highest BCUT2D eigenvalue weighted by Crippen LogP contribution is 2.20. The molecule has 1 heterocycles. The molecule has 5 heteroatoms. The first-order valence-corrected chi connectivity index (χ1v) is 7.72. The number of aromatic nitrogens is 3. The Morgan fingerprint density at radius 3 is 2.41 bits per heavy atom. The molecule has 0 aliphatic rings. The fourth-order valence-electron chi connectivity index (χ4n) is 2.28. The summed E-state index contributed by atoms with van der Waals surface area (Å²) in [4.78, 5) is 0. The zero-order chi connectivity index (χ0) is 15.4. The molecule has 0 N–H and O–H groups in total. The predicted octanol–water partition coefficient (Wildman–Crippen LogP) is 3.69. The van der Waals surface area contributed by atoms with Gasteiger partial charge in [0.1, 0.15) is 0 Å². The number of rotatable bonds is 4. The van der Waals surface area contributed by atoms with Crippen molar-refractivity contribution >= 4 is 15.9 Å². The monoisotopic (exact) mass is 352 g/mol. The minimum Gasteiger partial charge on any atom is -0.216 e. The fourth-order valence-corrected chi connectivity index (χ4v) is 2.72. The molecule has 0 spiro atoms. The molecule has 3 rings (SSSR count). The number of hydrogen-bond donors (Lipinski definition) is 0. The molecular formula is C17H13BrN4. The van der Waals surface area contributed by atoms with Gasteiger partial charge in [-0.1, -0.05) is 35.5 Å². The number of nitriles is 1. The van der Waals surface area contributed by atoms with E-state index >= 15 is 0 Å². The van der Waals surface area contributed by atoms with E-state index in [2.05, 4.69) is 44.4 Å². The average molecular weight is 353 g/mol. The molecular weight excluding hydrogens is 340 g/mol. The van der Waals surface area contributed by atoms with E-state index in [1.54, 1.807) is 12.1 Å². The Kier molecular flexibility index (Phi) is 4.31. The topological polar surface area (TPSA) is 54.5 Å². The van der Waals surface area contributed by atoms with Crippen LogP contribution in [0.5, 0.6) is 0 Å². The normalized spacial score (nSPS) is 10.4. The van der Waals surface area contributed by atoms with Crippen LogP contribution in [0.1, 0.15) is 16.8 Å². The summed E-state index contributed by atoms with van der Waals surface area (Å²) in [6.45, 7) is 0. The van der Waals surface area contributed by atoms with Crippen LogP contribution in [0.3, 0.4) is 0 Å². The largest absolute Gasteiger partial charge is 0.216 e. The second-order valence-corrected chi connectivity index (χ2v) is 5.63. The Balaban J connectivity index is 1.85. The van der Waals surface area contributed by atoms with Crippen LogP contribution in [-0.4, -0.2) is 15.0 Å². The van der Waals surface area contributed by atoms with Gasteiger partial charge in [0.2, 0.25) is 0 Å². The average Bonchev–Trinajstić information content (AvgIpc) is 2.95. The summed E-state index contributed by atoms with van der Waals surface area (Å²) in [6.07, 6.45) is 1.75. The summed E-state index contributed by atoms with van der Waals surface area (Å²) in [5.41, 5.74) is 3.84. The van der Waals surface area contributed by atoms with Gasteiger partial charge in [-0.05, 0) is 58.6 Å². The van der Waals surface area contributed by atoms with Crippen molar-refractivity contribution in [3.8, 4) is 11.8 Å². The van der Waals surface area contributed by atoms with Crippen molar-refractivity contribution in [2.75, 3.05) is 0 Å². The summed E-state index contributed by atoms with van der Waals surface area (Å²) >= 11 is 3.47. The second kappa shape index (κ2) is 6.54. The summed E-state index contributed by atoms with van der Waals surface area (Å²) in [5, 5.41) is 17.2. The number of halogens is 1. The number of benzene rings is 2. The van der Waals surface area contributed by atoms with Gasteiger partial charge < -0.3 is 0 Å². The van der Waals surface area contributed by atoms with Crippen LogP contribution in [0.4, 0.5) is 0 Å². The smallest absolute Gasteiger partial charge is 0.152 e. The molecule has 1 aromatic heterocycles. The Bertz CT molecular complexity index is 801. The van der Waals surface area contributed by atoms with Crippen LogP contribution in [0.2, 0.25) is 0 Å². The number of hydrogen-bond acceptors (Lipinski definition) is 3. The molecule has 0 fully saturated rings. The zero-order valence-corrected chi connectivity index (χ0v) is 13.4. The quantitative estimate of drug-likeness (QED) is 0.719. The summed E-state index contributed by atoms with van der Waals surface area (Å²) in [6, 6.07) is 19.8. The fraction of sp³-hybridized carbons (Fsp3) is 0.118. The van der Waals surface area contributed by atoms with E-state index in [1.807, 2.05) is 35.0 Å². The van der Waals surface area contributed by atoms with Gasteiger partial charge in [-0.2, -0.15) is 5.26 Å². The third-order valence-corrected chi connectivity index (χ3v) is 4.07.